The number of hydrogen-bond donors (Lipinski definition) is 2. The maximum atomic E-state index is 13.3. The quantitative estimate of drug-likeness (QED) is 0.398. The molecule has 0 aliphatic carbocycles. The van der Waals surface area contributed by atoms with Crippen LogP contribution < -0.4 is 10.6 Å². The number of benzene rings is 3. The highest BCUT2D eigenvalue weighted by molar-refractivity contribution is 6.09. The number of aromatic nitrogens is 2. The van der Waals surface area contributed by atoms with Gasteiger partial charge in [0.1, 0.15) is 6.54 Å². The van der Waals surface area contributed by atoms with E-state index in [0.29, 0.717) is 22.5 Å². The molecule has 2 amide bonds. The fourth-order valence-corrected chi connectivity index (χ4v) is 3.35. The van der Waals surface area contributed by atoms with Crippen LogP contribution in [0.1, 0.15) is 15.9 Å². The lowest BCUT2D eigenvalue weighted by molar-refractivity contribution is -0.137. The number of carbonyl (C=O) groups excluding carboxylic acids is 2. The standard InChI is InChI=1S/C25H19F3N4O2/c26-25(27,28)18-7-12-21(17-5-2-1-3-6-17)22(15-18)24(34)31-20-10-8-19(9-11-20)30-23(33)16-32-14-4-13-29-32/h1-15H,16H2,(H,30,33)(H,31,34). The molecule has 172 valence electrons. The number of rotatable bonds is 6. The molecule has 0 fully saturated rings. The number of hydrogen-bond acceptors (Lipinski definition) is 3. The number of nitrogens with one attached hydrogen (secondary N) is 2. The predicted molar refractivity (Wildman–Crippen MR) is 122 cm³/mol. The summed E-state index contributed by atoms with van der Waals surface area (Å²) in [7, 11) is 0. The second-order valence-corrected chi connectivity index (χ2v) is 7.41. The molecule has 0 atom stereocenters. The molecule has 0 aliphatic rings. The zero-order chi connectivity index (χ0) is 24.1. The van der Waals surface area contributed by atoms with Gasteiger partial charge >= 0.3 is 6.18 Å². The first kappa shape index (κ1) is 22.8. The van der Waals surface area contributed by atoms with E-state index in [2.05, 4.69) is 15.7 Å². The molecule has 34 heavy (non-hydrogen) atoms. The van der Waals surface area contributed by atoms with Crippen LogP contribution in [0.25, 0.3) is 11.1 Å². The van der Waals surface area contributed by atoms with Gasteiger partial charge in [-0.25, -0.2) is 0 Å². The van der Waals surface area contributed by atoms with Crippen LogP contribution in [0.2, 0.25) is 0 Å². The Bertz CT molecular complexity index is 1290. The Hall–Kier alpha value is -4.40. The van der Waals surface area contributed by atoms with Crippen LogP contribution in [0.15, 0.2) is 91.3 Å². The highest BCUT2D eigenvalue weighted by Gasteiger charge is 2.32. The van der Waals surface area contributed by atoms with Crippen molar-refractivity contribution in [2.24, 2.45) is 0 Å². The van der Waals surface area contributed by atoms with Crippen molar-refractivity contribution in [3.05, 3.63) is 102 Å². The molecule has 1 heterocycles. The van der Waals surface area contributed by atoms with Gasteiger partial charge < -0.3 is 10.6 Å². The van der Waals surface area contributed by atoms with Crippen LogP contribution >= 0.6 is 0 Å². The molecule has 4 aromatic rings. The Balaban J connectivity index is 1.52. The van der Waals surface area contributed by atoms with E-state index in [0.717, 1.165) is 12.1 Å². The van der Waals surface area contributed by atoms with Gasteiger partial charge in [0.25, 0.3) is 5.91 Å². The minimum atomic E-state index is -4.58. The first-order valence-electron chi connectivity index (χ1n) is 10.2. The van der Waals surface area contributed by atoms with Crippen molar-refractivity contribution in [2.45, 2.75) is 12.7 Å². The molecular weight excluding hydrogens is 445 g/mol. The molecule has 9 heteroatoms. The summed E-state index contributed by atoms with van der Waals surface area (Å²) in [5, 5.41) is 9.30. The topological polar surface area (TPSA) is 76.0 Å². The summed E-state index contributed by atoms with van der Waals surface area (Å²) in [6, 6.07) is 19.8. The van der Waals surface area contributed by atoms with E-state index in [9.17, 15) is 22.8 Å². The zero-order valence-electron chi connectivity index (χ0n) is 17.7. The van der Waals surface area contributed by atoms with Gasteiger partial charge in [-0.15, -0.1) is 0 Å². The fraction of sp³-hybridized carbons (Fsp3) is 0.0800. The summed E-state index contributed by atoms with van der Waals surface area (Å²) < 4.78 is 41.3. The Morgan fingerprint density at radius 2 is 1.53 bits per heavy atom. The van der Waals surface area contributed by atoms with Gasteiger partial charge in [-0.1, -0.05) is 36.4 Å². The van der Waals surface area contributed by atoms with Gasteiger partial charge in [0, 0.05) is 29.3 Å². The molecule has 0 saturated heterocycles. The summed E-state index contributed by atoms with van der Waals surface area (Å²) in [5.74, 6) is -0.961. The van der Waals surface area contributed by atoms with Crippen molar-refractivity contribution in [1.82, 2.24) is 9.78 Å². The number of anilines is 2. The molecule has 0 aliphatic heterocycles. The molecule has 0 saturated carbocycles. The summed E-state index contributed by atoms with van der Waals surface area (Å²) in [5.41, 5.74) is 0.862. The lowest BCUT2D eigenvalue weighted by Gasteiger charge is -2.14. The Kier molecular flexibility index (Phi) is 6.44. The molecular formula is C25H19F3N4O2. The normalized spacial score (nSPS) is 11.1. The molecule has 4 rings (SSSR count). The Morgan fingerprint density at radius 3 is 2.15 bits per heavy atom. The van der Waals surface area contributed by atoms with E-state index in [4.69, 9.17) is 0 Å². The predicted octanol–water partition coefficient (Wildman–Crippen LogP) is 5.46. The van der Waals surface area contributed by atoms with Crippen molar-refractivity contribution >= 4 is 23.2 Å². The lowest BCUT2D eigenvalue weighted by Crippen LogP contribution is -2.19. The first-order valence-corrected chi connectivity index (χ1v) is 10.2. The summed E-state index contributed by atoms with van der Waals surface area (Å²) >= 11 is 0. The van der Waals surface area contributed by atoms with Crippen molar-refractivity contribution in [1.29, 1.82) is 0 Å². The van der Waals surface area contributed by atoms with E-state index in [1.807, 2.05) is 0 Å². The van der Waals surface area contributed by atoms with E-state index in [-0.39, 0.29) is 18.0 Å². The third kappa shape index (κ3) is 5.50. The maximum Gasteiger partial charge on any atom is 0.416 e. The average Bonchev–Trinajstić information content (AvgIpc) is 3.33. The minimum absolute atomic E-state index is 0.0449. The molecule has 1 aromatic heterocycles. The molecule has 6 nitrogen and oxygen atoms in total. The first-order chi connectivity index (χ1) is 16.3. The van der Waals surface area contributed by atoms with Crippen LogP contribution in [0, 0.1) is 0 Å². The van der Waals surface area contributed by atoms with Gasteiger partial charge in [0.05, 0.1) is 5.56 Å². The zero-order valence-corrected chi connectivity index (χ0v) is 17.7. The van der Waals surface area contributed by atoms with Gasteiger partial charge in [-0.2, -0.15) is 18.3 Å². The number of carbonyl (C=O) groups is 2. The second kappa shape index (κ2) is 9.62. The van der Waals surface area contributed by atoms with Crippen LogP contribution in [-0.2, 0) is 17.5 Å². The molecule has 0 unspecified atom stereocenters. The monoisotopic (exact) mass is 464 g/mol. The van der Waals surface area contributed by atoms with E-state index in [1.165, 1.54) is 10.7 Å². The van der Waals surface area contributed by atoms with Crippen molar-refractivity contribution in [3.63, 3.8) is 0 Å². The third-order valence-electron chi connectivity index (χ3n) is 4.97. The Labute approximate surface area is 193 Å². The second-order valence-electron chi connectivity index (χ2n) is 7.41. The average molecular weight is 464 g/mol. The number of alkyl halides is 3. The highest BCUT2D eigenvalue weighted by Crippen LogP contribution is 2.34. The van der Waals surface area contributed by atoms with Gasteiger partial charge in [0.2, 0.25) is 5.91 Å². The number of halogens is 3. The molecule has 3 aromatic carbocycles. The SMILES string of the molecule is O=C(Cn1cccn1)Nc1ccc(NC(=O)c2cc(C(F)(F)F)ccc2-c2ccccc2)cc1. The van der Waals surface area contributed by atoms with Crippen LogP contribution in [0.4, 0.5) is 24.5 Å². The molecule has 2 N–H and O–H groups in total. The van der Waals surface area contributed by atoms with E-state index in [1.54, 1.807) is 73.1 Å². The number of amides is 2. The van der Waals surface area contributed by atoms with E-state index >= 15 is 0 Å². The molecule has 0 bridgehead atoms. The number of nitrogens with zero attached hydrogens (tertiary/aromatic N) is 2. The summed E-state index contributed by atoms with van der Waals surface area (Å²) in [6.45, 7) is 0.0449. The molecule has 0 spiro atoms. The minimum Gasteiger partial charge on any atom is -0.324 e. The van der Waals surface area contributed by atoms with E-state index < -0.39 is 17.6 Å². The van der Waals surface area contributed by atoms with Crippen LogP contribution in [0.3, 0.4) is 0 Å². The van der Waals surface area contributed by atoms with Gasteiger partial charge in [0.15, 0.2) is 0 Å². The highest BCUT2D eigenvalue weighted by atomic mass is 19.4. The largest absolute Gasteiger partial charge is 0.416 e. The van der Waals surface area contributed by atoms with Gasteiger partial charge in [-0.3, -0.25) is 14.3 Å². The lowest BCUT2D eigenvalue weighted by atomic mass is 9.96. The third-order valence-corrected chi connectivity index (χ3v) is 4.97. The molecule has 0 radical (unpaired) electrons. The fourth-order valence-electron chi connectivity index (χ4n) is 3.35. The Morgan fingerprint density at radius 1 is 0.853 bits per heavy atom. The summed E-state index contributed by atoms with van der Waals surface area (Å²) in [4.78, 5) is 25.0. The smallest absolute Gasteiger partial charge is 0.324 e. The van der Waals surface area contributed by atoms with Gasteiger partial charge in [-0.05, 0) is 53.6 Å². The van der Waals surface area contributed by atoms with Crippen molar-refractivity contribution in [2.75, 3.05) is 10.6 Å². The van der Waals surface area contributed by atoms with Crippen molar-refractivity contribution < 1.29 is 22.8 Å². The maximum absolute atomic E-state index is 13.3. The summed E-state index contributed by atoms with van der Waals surface area (Å²) in [6.07, 6.45) is -1.35. The van der Waals surface area contributed by atoms with Crippen molar-refractivity contribution in [3.8, 4) is 11.1 Å². The van der Waals surface area contributed by atoms with Crippen LogP contribution in [-0.4, -0.2) is 21.6 Å². The van der Waals surface area contributed by atoms with Crippen LogP contribution in [0.5, 0.6) is 0 Å².